The molecular weight excluding hydrogens is 246 g/mol. The number of ether oxygens (including phenoxy) is 1. The average Bonchev–Trinajstić information content (AvgIpc) is 2.26. The van der Waals surface area contributed by atoms with E-state index in [1.807, 2.05) is 25.1 Å². The van der Waals surface area contributed by atoms with Gasteiger partial charge >= 0.3 is 0 Å². The molecule has 0 atom stereocenters. The van der Waals surface area contributed by atoms with Crippen LogP contribution in [0.3, 0.4) is 0 Å². The molecule has 1 aliphatic rings. The molecule has 1 fully saturated rings. The number of nitrogens with two attached hydrogens (primary N) is 1. The quantitative estimate of drug-likeness (QED) is 0.879. The molecule has 0 bridgehead atoms. The standard InChI is InChI=1S/C15H20ClNO/c1-11-8-13(6-3-7-17)15(14(16)9-11)18-10-12-4-2-5-12/h3,6,8-9,12H,2,4-5,7,10,17H2,1H3/b6-3+. The summed E-state index contributed by atoms with van der Waals surface area (Å²) in [4.78, 5) is 0. The summed E-state index contributed by atoms with van der Waals surface area (Å²) >= 11 is 6.27. The fraction of sp³-hybridized carbons (Fsp3) is 0.467. The van der Waals surface area contributed by atoms with E-state index in [-0.39, 0.29) is 0 Å². The second-order valence-corrected chi connectivity index (χ2v) is 5.32. The molecule has 0 spiro atoms. The summed E-state index contributed by atoms with van der Waals surface area (Å²) in [6.45, 7) is 3.32. The van der Waals surface area contributed by atoms with Gasteiger partial charge in [-0.1, -0.05) is 30.2 Å². The van der Waals surface area contributed by atoms with Gasteiger partial charge in [-0.25, -0.2) is 0 Å². The monoisotopic (exact) mass is 265 g/mol. The van der Waals surface area contributed by atoms with Crippen molar-refractivity contribution in [2.75, 3.05) is 13.2 Å². The van der Waals surface area contributed by atoms with Gasteiger partial charge in [-0.05, 0) is 43.4 Å². The molecule has 1 aliphatic carbocycles. The predicted octanol–water partition coefficient (Wildman–Crippen LogP) is 3.80. The Hall–Kier alpha value is -0.990. The van der Waals surface area contributed by atoms with Gasteiger partial charge in [0, 0.05) is 12.1 Å². The lowest BCUT2D eigenvalue weighted by Gasteiger charge is -2.26. The van der Waals surface area contributed by atoms with Crippen LogP contribution in [0.2, 0.25) is 5.02 Å². The maximum atomic E-state index is 6.27. The molecule has 0 heterocycles. The Balaban J connectivity index is 2.16. The number of hydrogen-bond acceptors (Lipinski definition) is 2. The molecule has 2 nitrogen and oxygen atoms in total. The highest BCUT2D eigenvalue weighted by Crippen LogP contribution is 2.34. The molecule has 2 N–H and O–H groups in total. The molecule has 98 valence electrons. The first kappa shape index (κ1) is 13.4. The van der Waals surface area contributed by atoms with E-state index in [1.54, 1.807) is 0 Å². The first-order chi connectivity index (χ1) is 8.70. The summed E-state index contributed by atoms with van der Waals surface area (Å²) in [6, 6.07) is 4.02. The topological polar surface area (TPSA) is 35.2 Å². The van der Waals surface area contributed by atoms with Crippen molar-refractivity contribution in [3.05, 3.63) is 34.4 Å². The molecule has 3 heteroatoms. The third-order valence-corrected chi connectivity index (χ3v) is 3.62. The summed E-state index contributed by atoms with van der Waals surface area (Å²) in [6.07, 6.45) is 7.78. The summed E-state index contributed by atoms with van der Waals surface area (Å²) in [5, 5.41) is 0.686. The molecule has 18 heavy (non-hydrogen) atoms. The number of benzene rings is 1. The minimum Gasteiger partial charge on any atom is -0.491 e. The van der Waals surface area contributed by atoms with E-state index in [4.69, 9.17) is 22.1 Å². The van der Waals surface area contributed by atoms with Crippen LogP contribution in [0.5, 0.6) is 5.75 Å². The highest BCUT2D eigenvalue weighted by atomic mass is 35.5. The molecular formula is C15H20ClNO. The molecule has 0 aliphatic heterocycles. The van der Waals surface area contributed by atoms with Crippen LogP contribution in [0.15, 0.2) is 18.2 Å². The Labute approximate surface area is 114 Å². The highest BCUT2D eigenvalue weighted by molar-refractivity contribution is 6.32. The second-order valence-electron chi connectivity index (χ2n) is 4.91. The number of rotatable bonds is 5. The van der Waals surface area contributed by atoms with Gasteiger partial charge < -0.3 is 10.5 Å². The average molecular weight is 266 g/mol. The van der Waals surface area contributed by atoms with Crippen LogP contribution in [0.25, 0.3) is 6.08 Å². The number of hydrogen-bond donors (Lipinski definition) is 1. The van der Waals surface area contributed by atoms with Gasteiger partial charge in [0.05, 0.1) is 11.6 Å². The van der Waals surface area contributed by atoms with Crippen LogP contribution in [0, 0.1) is 12.8 Å². The Morgan fingerprint density at radius 2 is 2.22 bits per heavy atom. The van der Waals surface area contributed by atoms with Crippen LogP contribution >= 0.6 is 11.6 Å². The summed E-state index contributed by atoms with van der Waals surface area (Å²) in [5.74, 6) is 1.49. The van der Waals surface area contributed by atoms with Crippen LogP contribution in [-0.2, 0) is 0 Å². The largest absolute Gasteiger partial charge is 0.491 e. The van der Waals surface area contributed by atoms with Gasteiger partial charge in [-0.2, -0.15) is 0 Å². The summed E-state index contributed by atoms with van der Waals surface area (Å²) in [5.41, 5.74) is 7.65. The zero-order valence-electron chi connectivity index (χ0n) is 10.8. The van der Waals surface area contributed by atoms with Crippen LogP contribution in [-0.4, -0.2) is 13.2 Å². The van der Waals surface area contributed by atoms with Gasteiger partial charge in [-0.15, -0.1) is 0 Å². The van der Waals surface area contributed by atoms with Gasteiger partial charge in [0.2, 0.25) is 0 Å². The molecule has 0 aromatic heterocycles. The number of aryl methyl sites for hydroxylation is 1. The van der Waals surface area contributed by atoms with E-state index < -0.39 is 0 Å². The van der Waals surface area contributed by atoms with E-state index in [0.29, 0.717) is 17.5 Å². The van der Waals surface area contributed by atoms with Gasteiger partial charge in [0.25, 0.3) is 0 Å². The molecule has 1 saturated carbocycles. The maximum absolute atomic E-state index is 6.27. The fourth-order valence-electron chi connectivity index (χ4n) is 2.09. The van der Waals surface area contributed by atoms with E-state index >= 15 is 0 Å². The van der Waals surface area contributed by atoms with E-state index in [9.17, 15) is 0 Å². The van der Waals surface area contributed by atoms with Crippen molar-refractivity contribution in [2.45, 2.75) is 26.2 Å². The summed E-state index contributed by atoms with van der Waals surface area (Å²) < 4.78 is 5.90. The van der Waals surface area contributed by atoms with Crippen LogP contribution in [0.1, 0.15) is 30.4 Å². The van der Waals surface area contributed by atoms with Crippen LogP contribution < -0.4 is 10.5 Å². The summed E-state index contributed by atoms with van der Waals surface area (Å²) in [7, 11) is 0. The Kier molecular flexibility index (Phi) is 4.67. The molecule has 2 rings (SSSR count). The first-order valence-corrected chi connectivity index (χ1v) is 6.88. The zero-order chi connectivity index (χ0) is 13.0. The molecule has 0 unspecified atom stereocenters. The minimum absolute atomic E-state index is 0.521. The van der Waals surface area contributed by atoms with Gasteiger partial charge in [0.15, 0.2) is 0 Å². The second kappa shape index (κ2) is 6.26. The highest BCUT2D eigenvalue weighted by Gasteiger charge is 2.19. The maximum Gasteiger partial charge on any atom is 0.145 e. The van der Waals surface area contributed by atoms with Crippen molar-refractivity contribution < 1.29 is 4.74 Å². The predicted molar refractivity (Wildman–Crippen MR) is 77.1 cm³/mol. The molecule has 1 aromatic rings. The smallest absolute Gasteiger partial charge is 0.145 e. The third kappa shape index (κ3) is 3.27. The van der Waals surface area contributed by atoms with Gasteiger partial charge in [0.1, 0.15) is 5.75 Å². The van der Waals surface area contributed by atoms with E-state index in [0.717, 1.165) is 23.5 Å². The van der Waals surface area contributed by atoms with Crippen molar-refractivity contribution in [3.8, 4) is 5.75 Å². The molecule has 0 radical (unpaired) electrons. The molecule has 1 aromatic carbocycles. The lowest BCUT2D eigenvalue weighted by atomic mass is 9.86. The van der Waals surface area contributed by atoms with E-state index in [2.05, 4.69) is 6.07 Å². The van der Waals surface area contributed by atoms with Crippen molar-refractivity contribution >= 4 is 17.7 Å². The minimum atomic E-state index is 0.521. The third-order valence-electron chi connectivity index (χ3n) is 3.34. The Morgan fingerprint density at radius 3 is 2.83 bits per heavy atom. The van der Waals surface area contributed by atoms with Crippen molar-refractivity contribution in [3.63, 3.8) is 0 Å². The van der Waals surface area contributed by atoms with E-state index in [1.165, 1.54) is 19.3 Å². The van der Waals surface area contributed by atoms with Crippen molar-refractivity contribution in [1.82, 2.24) is 0 Å². The molecule has 0 saturated heterocycles. The lowest BCUT2D eigenvalue weighted by Crippen LogP contribution is -2.19. The Bertz CT molecular complexity index is 438. The molecule has 0 amide bonds. The SMILES string of the molecule is Cc1cc(Cl)c(OCC2CCC2)c(/C=C/CN)c1. The van der Waals surface area contributed by atoms with Crippen molar-refractivity contribution in [2.24, 2.45) is 11.7 Å². The van der Waals surface area contributed by atoms with Crippen LogP contribution in [0.4, 0.5) is 0 Å². The number of halogens is 1. The normalized spacial score (nSPS) is 15.9. The Morgan fingerprint density at radius 1 is 1.44 bits per heavy atom. The fourth-order valence-corrected chi connectivity index (χ4v) is 2.42. The van der Waals surface area contributed by atoms with Gasteiger partial charge in [-0.3, -0.25) is 0 Å². The lowest BCUT2D eigenvalue weighted by molar-refractivity contribution is 0.180. The first-order valence-electron chi connectivity index (χ1n) is 6.50. The zero-order valence-corrected chi connectivity index (χ0v) is 11.5. The van der Waals surface area contributed by atoms with Crippen molar-refractivity contribution in [1.29, 1.82) is 0 Å².